The summed E-state index contributed by atoms with van der Waals surface area (Å²) in [6.45, 7) is 0.876. The second kappa shape index (κ2) is 6.19. The predicted molar refractivity (Wildman–Crippen MR) is 58.2 cm³/mol. The summed E-state index contributed by atoms with van der Waals surface area (Å²) in [6.07, 6.45) is 0. The van der Waals surface area contributed by atoms with Gasteiger partial charge in [0, 0.05) is 19.1 Å². The van der Waals surface area contributed by atoms with E-state index >= 15 is 0 Å². The minimum atomic E-state index is 0.438. The molecule has 0 aliphatic heterocycles. The van der Waals surface area contributed by atoms with Gasteiger partial charge >= 0.3 is 0 Å². The first-order valence-electron chi connectivity index (χ1n) is 4.42. The van der Waals surface area contributed by atoms with Crippen molar-refractivity contribution in [1.82, 2.24) is 4.98 Å². The first-order chi connectivity index (χ1) is 7.26. The number of halogens is 1. The van der Waals surface area contributed by atoms with Gasteiger partial charge in [0.1, 0.15) is 13.1 Å². The first kappa shape index (κ1) is 11.7. The Kier molecular flexibility index (Phi) is 4.83. The summed E-state index contributed by atoms with van der Waals surface area (Å²) in [7, 11) is 3.24. The van der Waals surface area contributed by atoms with Crippen LogP contribution in [0.5, 0.6) is 0 Å². The summed E-state index contributed by atoms with van der Waals surface area (Å²) >= 11 is 5.92. The van der Waals surface area contributed by atoms with E-state index in [2.05, 4.69) is 25.4 Å². The number of hydrogen-bond donors (Lipinski definition) is 0. The van der Waals surface area contributed by atoms with Crippen LogP contribution in [0, 0.1) is 0 Å². The molecule has 0 aliphatic carbocycles. The van der Waals surface area contributed by atoms with Crippen LogP contribution in [0.3, 0.4) is 0 Å². The maximum atomic E-state index is 5.92. The third-order valence-corrected chi connectivity index (χ3v) is 1.86. The lowest BCUT2D eigenvalue weighted by atomic mass is 10.3. The van der Waals surface area contributed by atoms with Crippen molar-refractivity contribution in [3.8, 4) is 0 Å². The normalized spacial score (nSPS) is 11.7. The molecule has 80 valence electrons. The summed E-state index contributed by atoms with van der Waals surface area (Å²) < 4.78 is 0. The molecule has 5 nitrogen and oxygen atoms in total. The highest BCUT2D eigenvalue weighted by atomic mass is 35.5. The van der Waals surface area contributed by atoms with E-state index in [1.54, 1.807) is 26.2 Å². The number of nitrogens with zero attached hydrogens (tertiary/aromatic N) is 5. The van der Waals surface area contributed by atoms with Crippen LogP contribution in [0.1, 0.15) is 11.4 Å². The van der Waals surface area contributed by atoms with Gasteiger partial charge in [-0.25, -0.2) is 0 Å². The molecule has 0 saturated heterocycles. The van der Waals surface area contributed by atoms with Crippen LogP contribution in [0.15, 0.2) is 32.6 Å². The van der Waals surface area contributed by atoms with Crippen molar-refractivity contribution in [2.75, 3.05) is 14.1 Å². The summed E-state index contributed by atoms with van der Waals surface area (Å²) in [5.74, 6) is 0. The average Bonchev–Trinajstić information content (AvgIpc) is 2.23. The maximum absolute atomic E-state index is 5.92. The van der Waals surface area contributed by atoms with Gasteiger partial charge in [0.05, 0.1) is 11.4 Å². The Bertz CT molecular complexity index is 343. The van der Waals surface area contributed by atoms with Gasteiger partial charge in [-0.2, -0.15) is 20.5 Å². The fourth-order valence-corrected chi connectivity index (χ4v) is 1.31. The fraction of sp³-hybridized carbons (Fsp3) is 0.444. The van der Waals surface area contributed by atoms with Crippen LogP contribution in [-0.2, 0) is 13.1 Å². The van der Waals surface area contributed by atoms with Crippen molar-refractivity contribution >= 4 is 11.6 Å². The molecule has 1 aromatic rings. The first-order valence-corrected chi connectivity index (χ1v) is 4.80. The SMILES string of the molecule is CN=NCc1cc(Cl)cc(CN=NC)n1. The van der Waals surface area contributed by atoms with E-state index in [0.717, 1.165) is 11.4 Å². The molecule has 0 atom stereocenters. The third-order valence-electron chi connectivity index (χ3n) is 1.64. The second-order valence-electron chi connectivity index (χ2n) is 2.77. The minimum absolute atomic E-state index is 0.438. The lowest BCUT2D eigenvalue weighted by Gasteiger charge is -2.00. The van der Waals surface area contributed by atoms with Gasteiger partial charge < -0.3 is 0 Å². The average molecular weight is 226 g/mol. The minimum Gasteiger partial charge on any atom is -0.254 e. The van der Waals surface area contributed by atoms with Gasteiger partial charge in [-0.1, -0.05) is 11.6 Å². The van der Waals surface area contributed by atoms with Gasteiger partial charge in [0.15, 0.2) is 0 Å². The van der Waals surface area contributed by atoms with Crippen molar-refractivity contribution in [2.24, 2.45) is 20.5 Å². The summed E-state index contributed by atoms with van der Waals surface area (Å²) in [5.41, 5.74) is 1.57. The van der Waals surface area contributed by atoms with Crippen LogP contribution in [0.4, 0.5) is 0 Å². The van der Waals surface area contributed by atoms with E-state index in [1.165, 1.54) is 0 Å². The molecule has 0 fully saturated rings. The van der Waals surface area contributed by atoms with Crippen molar-refractivity contribution in [1.29, 1.82) is 0 Å². The van der Waals surface area contributed by atoms with E-state index < -0.39 is 0 Å². The van der Waals surface area contributed by atoms with Crippen LogP contribution < -0.4 is 0 Å². The largest absolute Gasteiger partial charge is 0.254 e. The number of azo groups is 2. The van der Waals surface area contributed by atoms with Crippen LogP contribution in [0.25, 0.3) is 0 Å². The Morgan fingerprint density at radius 2 is 1.53 bits per heavy atom. The second-order valence-corrected chi connectivity index (χ2v) is 3.20. The van der Waals surface area contributed by atoms with Crippen LogP contribution in [0.2, 0.25) is 5.02 Å². The van der Waals surface area contributed by atoms with Gasteiger partial charge in [-0.3, -0.25) is 4.98 Å². The number of rotatable bonds is 4. The summed E-state index contributed by atoms with van der Waals surface area (Å²) in [6, 6.07) is 3.53. The lowest BCUT2D eigenvalue weighted by Crippen LogP contribution is -1.94. The lowest BCUT2D eigenvalue weighted by molar-refractivity contribution is 0.846. The Labute approximate surface area is 93.3 Å². The zero-order valence-electron chi connectivity index (χ0n) is 8.68. The Hall–Kier alpha value is -1.36. The Balaban J connectivity index is 2.84. The zero-order valence-corrected chi connectivity index (χ0v) is 9.44. The molecule has 0 saturated carbocycles. The van der Waals surface area contributed by atoms with Gasteiger partial charge in [0.2, 0.25) is 0 Å². The Morgan fingerprint density at radius 1 is 1.07 bits per heavy atom. The van der Waals surface area contributed by atoms with E-state index in [9.17, 15) is 0 Å². The highest BCUT2D eigenvalue weighted by Crippen LogP contribution is 2.13. The molecule has 0 amide bonds. The maximum Gasteiger partial charge on any atom is 0.102 e. The van der Waals surface area contributed by atoms with E-state index in [1.807, 2.05) is 0 Å². The van der Waals surface area contributed by atoms with Crippen LogP contribution >= 0.6 is 11.6 Å². The molecule has 0 N–H and O–H groups in total. The molecule has 15 heavy (non-hydrogen) atoms. The van der Waals surface area contributed by atoms with Gasteiger partial charge in [-0.05, 0) is 12.1 Å². The number of pyridine rings is 1. The molecule has 0 spiro atoms. The predicted octanol–water partition coefficient (Wildman–Crippen LogP) is 2.90. The number of aromatic nitrogens is 1. The van der Waals surface area contributed by atoms with Crippen molar-refractivity contribution in [3.63, 3.8) is 0 Å². The molecule has 1 aromatic heterocycles. The van der Waals surface area contributed by atoms with Crippen molar-refractivity contribution < 1.29 is 0 Å². The molecule has 0 unspecified atom stereocenters. The molecule has 0 radical (unpaired) electrons. The molecular formula is C9H12ClN5. The molecule has 0 bridgehead atoms. The molecule has 1 rings (SSSR count). The van der Waals surface area contributed by atoms with Gasteiger partial charge in [0.25, 0.3) is 0 Å². The smallest absolute Gasteiger partial charge is 0.102 e. The van der Waals surface area contributed by atoms with Gasteiger partial charge in [-0.15, -0.1) is 0 Å². The van der Waals surface area contributed by atoms with E-state index in [4.69, 9.17) is 11.6 Å². The quantitative estimate of drug-likeness (QED) is 0.727. The monoisotopic (exact) mass is 225 g/mol. The molecule has 6 heteroatoms. The molecular weight excluding hydrogens is 214 g/mol. The standard InChI is InChI=1S/C9H12ClN5/c1-11-13-5-8-3-7(10)4-9(15-8)6-14-12-2/h3-4H,5-6H2,1-2H3. The summed E-state index contributed by atoms with van der Waals surface area (Å²) in [4.78, 5) is 4.32. The van der Waals surface area contributed by atoms with E-state index in [-0.39, 0.29) is 0 Å². The fourth-order valence-electron chi connectivity index (χ4n) is 1.06. The highest BCUT2D eigenvalue weighted by molar-refractivity contribution is 6.30. The van der Waals surface area contributed by atoms with Crippen molar-refractivity contribution in [2.45, 2.75) is 13.1 Å². The zero-order chi connectivity index (χ0) is 11.1. The molecule has 1 heterocycles. The summed E-state index contributed by atoms with van der Waals surface area (Å²) in [5, 5.41) is 15.6. The van der Waals surface area contributed by atoms with Crippen LogP contribution in [-0.4, -0.2) is 19.1 Å². The van der Waals surface area contributed by atoms with Crippen molar-refractivity contribution in [3.05, 3.63) is 28.5 Å². The molecule has 0 aliphatic rings. The molecule has 0 aromatic carbocycles. The topological polar surface area (TPSA) is 62.3 Å². The Morgan fingerprint density at radius 3 is 1.93 bits per heavy atom. The van der Waals surface area contributed by atoms with E-state index in [0.29, 0.717) is 18.1 Å². The third kappa shape index (κ3) is 4.12. The highest BCUT2D eigenvalue weighted by Gasteiger charge is 2.00. The number of hydrogen-bond acceptors (Lipinski definition) is 5.